The summed E-state index contributed by atoms with van der Waals surface area (Å²) in [6.07, 6.45) is 1.35. The smallest absolute Gasteiger partial charge is 0.341 e. The molecule has 2 aromatic carbocycles. The van der Waals surface area contributed by atoms with Crippen LogP contribution in [0.25, 0.3) is 6.08 Å². The number of phenolic OH excluding ortho intramolecular Hbond substituents is 1. The van der Waals surface area contributed by atoms with Crippen LogP contribution < -0.4 is 14.8 Å². The number of hydrogen-bond donors (Lipinski definition) is 3. The van der Waals surface area contributed by atoms with Gasteiger partial charge in [-0.3, -0.25) is 4.79 Å². The van der Waals surface area contributed by atoms with E-state index in [-0.39, 0.29) is 22.8 Å². The molecule has 3 N–H and O–H groups in total. The molecule has 0 spiro atoms. The molecule has 8 nitrogen and oxygen atoms in total. The molecular formula is C19H15BrN2O6. The van der Waals surface area contributed by atoms with Crippen molar-refractivity contribution in [1.29, 1.82) is 5.26 Å². The summed E-state index contributed by atoms with van der Waals surface area (Å²) < 4.78 is 10.8. The number of nitrogens with zero attached hydrogens (tertiary/aromatic N) is 1. The van der Waals surface area contributed by atoms with Crippen molar-refractivity contribution in [3.05, 3.63) is 52.0 Å². The number of anilines is 1. The Hall–Kier alpha value is -3.51. The average molecular weight is 447 g/mol. The highest BCUT2D eigenvalue weighted by Gasteiger charge is 2.15. The summed E-state index contributed by atoms with van der Waals surface area (Å²) in [6.45, 7) is -0.553. The fourth-order valence-electron chi connectivity index (χ4n) is 2.16. The van der Waals surface area contributed by atoms with Crippen LogP contribution in [0.5, 0.6) is 17.2 Å². The second-order valence-electron chi connectivity index (χ2n) is 5.39. The van der Waals surface area contributed by atoms with Gasteiger partial charge in [-0.05, 0) is 64.0 Å². The van der Waals surface area contributed by atoms with Crippen LogP contribution in [0.3, 0.4) is 0 Å². The van der Waals surface area contributed by atoms with Gasteiger partial charge in [0.05, 0.1) is 11.6 Å². The number of carboxylic acids is 1. The molecule has 144 valence electrons. The van der Waals surface area contributed by atoms with Crippen molar-refractivity contribution >= 4 is 39.6 Å². The Morgan fingerprint density at radius 1 is 1.29 bits per heavy atom. The molecule has 0 aromatic heterocycles. The number of hydrogen-bond acceptors (Lipinski definition) is 6. The predicted octanol–water partition coefficient (Wildman–Crippen LogP) is 3.17. The number of methoxy groups -OCH3 is 1. The maximum atomic E-state index is 12.3. The van der Waals surface area contributed by atoms with Crippen LogP contribution in [-0.4, -0.2) is 35.8 Å². The third kappa shape index (κ3) is 5.49. The molecule has 0 aliphatic rings. The van der Waals surface area contributed by atoms with E-state index in [2.05, 4.69) is 21.2 Å². The zero-order valence-electron chi connectivity index (χ0n) is 14.6. The molecule has 2 rings (SSSR count). The third-order valence-electron chi connectivity index (χ3n) is 3.39. The molecule has 0 aliphatic carbocycles. The molecule has 0 saturated carbocycles. The van der Waals surface area contributed by atoms with Gasteiger partial charge in [0, 0.05) is 5.69 Å². The number of benzene rings is 2. The van der Waals surface area contributed by atoms with E-state index >= 15 is 0 Å². The lowest BCUT2D eigenvalue weighted by Gasteiger charge is -2.12. The number of carboxylic acid groups (broad SMARTS) is 1. The highest BCUT2D eigenvalue weighted by atomic mass is 79.9. The van der Waals surface area contributed by atoms with Crippen molar-refractivity contribution in [3.63, 3.8) is 0 Å². The van der Waals surface area contributed by atoms with Crippen LogP contribution in [-0.2, 0) is 9.59 Å². The van der Waals surface area contributed by atoms with Crippen molar-refractivity contribution in [1.82, 2.24) is 0 Å². The van der Waals surface area contributed by atoms with Crippen LogP contribution in [0.4, 0.5) is 5.69 Å². The van der Waals surface area contributed by atoms with Crippen LogP contribution >= 0.6 is 15.9 Å². The van der Waals surface area contributed by atoms with Crippen LogP contribution in [0.1, 0.15) is 5.56 Å². The lowest BCUT2D eigenvalue weighted by molar-refractivity contribution is -0.139. The van der Waals surface area contributed by atoms with E-state index in [0.717, 1.165) is 0 Å². The molecule has 0 heterocycles. The molecule has 0 radical (unpaired) electrons. The highest BCUT2D eigenvalue weighted by molar-refractivity contribution is 9.10. The molecule has 28 heavy (non-hydrogen) atoms. The number of rotatable bonds is 7. The summed E-state index contributed by atoms with van der Waals surface area (Å²) in [5.41, 5.74) is 0.713. The molecule has 0 bridgehead atoms. The first kappa shape index (κ1) is 20.8. The third-order valence-corrected chi connectivity index (χ3v) is 3.98. The molecule has 0 saturated heterocycles. The first-order valence-corrected chi connectivity index (χ1v) is 8.57. The normalized spacial score (nSPS) is 10.7. The number of ether oxygens (including phenoxy) is 2. The summed E-state index contributed by atoms with van der Waals surface area (Å²) in [5, 5.41) is 29.9. The number of halogens is 1. The first-order chi connectivity index (χ1) is 13.3. The lowest BCUT2D eigenvalue weighted by Crippen LogP contribution is -2.13. The lowest BCUT2D eigenvalue weighted by atomic mass is 10.1. The van der Waals surface area contributed by atoms with Crippen molar-refractivity contribution in [2.75, 3.05) is 19.0 Å². The number of nitrogens with one attached hydrogen (secondary N) is 1. The summed E-state index contributed by atoms with van der Waals surface area (Å²) in [6, 6.07) is 10.7. The van der Waals surface area contributed by atoms with Crippen LogP contribution in [0, 0.1) is 11.3 Å². The molecule has 0 aliphatic heterocycles. The fourth-order valence-corrected chi connectivity index (χ4v) is 2.73. The van der Waals surface area contributed by atoms with Crippen molar-refractivity contribution in [2.24, 2.45) is 0 Å². The average Bonchev–Trinajstić information content (AvgIpc) is 2.66. The molecule has 0 atom stereocenters. The van der Waals surface area contributed by atoms with Crippen molar-refractivity contribution < 1.29 is 29.3 Å². The number of amides is 1. The van der Waals surface area contributed by atoms with E-state index in [0.29, 0.717) is 15.7 Å². The second-order valence-corrected chi connectivity index (χ2v) is 6.24. The van der Waals surface area contributed by atoms with Gasteiger partial charge in [0.2, 0.25) is 0 Å². The minimum atomic E-state index is -1.14. The van der Waals surface area contributed by atoms with Crippen LogP contribution in [0.15, 0.2) is 46.4 Å². The van der Waals surface area contributed by atoms with Gasteiger partial charge >= 0.3 is 5.97 Å². The quantitative estimate of drug-likeness (QED) is 0.338. The topological polar surface area (TPSA) is 129 Å². The zero-order valence-corrected chi connectivity index (χ0v) is 16.2. The molecule has 9 heteroatoms. The molecular weight excluding hydrogens is 432 g/mol. The number of aliphatic carboxylic acids is 1. The number of aromatic hydroxyl groups is 1. The molecule has 1 amide bonds. The van der Waals surface area contributed by atoms with E-state index < -0.39 is 18.5 Å². The number of carbonyl (C=O) groups excluding carboxylic acids is 1. The Kier molecular flexibility index (Phi) is 7.01. The first-order valence-electron chi connectivity index (χ1n) is 7.78. The van der Waals surface area contributed by atoms with E-state index in [1.54, 1.807) is 6.07 Å². The number of phenols is 1. The molecule has 2 aromatic rings. The maximum absolute atomic E-state index is 12.3. The minimum absolute atomic E-state index is 0.0520. The monoisotopic (exact) mass is 446 g/mol. The summed E-state index contributed by atoms with van der Waals surface area (Å²) in [4.78, 5) is 23.0. The zero-order chi connectivity index (χ0) is 20.7. The number of carbonyl (C=O) groups is 2. The van der Waals surface area contributed by atoms with Crippen molar-refractivity contribution in [3.8, 4) is 23.3 Å². The highest BCUT2D eigenvalue weighted by Crippen LogP contribution is 2.37. The molecule has 0 unspecified atom stereocenters. The van der Waals surface area contributed by atoms with E-state index in [1.807, 2.05) is 6.07 Å². The Balaban J connectivity index is 2.28. The summed E-state index contributed by atoms with van der Waals surface area (Å²) in [7, 11) is 1.38. The van der Waals surface area contributed by atoms with Gasteiger partial charge in [-0.25, -0.2) is 4.79 Å². The largest absolute Gasteiger partial charge is 0.508 e. The SMILES string of the molecule is COc1cc(/C=C(\C#N)C(=O)Nc2ccc(O)cc2)cc(Br)c1OCC(=O)O. The van der Waals surface area contributed by atoms with Crippen molar-refractivity contribution in [2.45, 2.75) is 0 Å². The number of nitriles is 1. The molecule has 0 fully saturated rings. The maximum Gasteiger partial charge on any atom is 0.341 e. The van der Waals surface area contributed by atoms with Gasteiger partial charge in [0.25, 0.3) is 5.91 Å². The standard InChI is InChI=1S/C19H15BrN2O6/c1-27-16-8-11(7-15(20)18(16)28-10-17(24)25)6-12(9-21)19(26)22-13-2-4-14(23)5-3-13/h2-8,23H,10H2,1H3,(H,22,26)(H,24,25)/b12-6+. The Morgan fingerprint density at radius 2 is 1.96 bits per heavy atom. The van der Waals surface area contributed by atoms with Gasteiger partial charge in [0.15, 0.2) is 18.1 Å². The Labute approximate surface area is 168 Å². The van der Waals surface area contributed by atoms with E-state index in [1.165, 1.54) is 43.5 Å². The van der Waals surface area contributed by atoms with E-state index in [9.17, 15) is 20.0 Å². The van der Waals surface area contributed by atoms with Gasteiger partial charge in [0.1, 0.15) is 17.4 Å². The van der Waals surface area contributed by atoms with Crippen LogP contribution in [0.2, 0.25) is 0 Å². The summed E-state index contributed by atoms with van der Waals surface area (Å²) in [5.74, 6) is -1.30. The van der Waals surface area contributed by atoms with Gasteiger partial charge in [-0.15, -0.1) is 0 Å². The van der Waals surface area contributed by atoms with Gasteiger partial charge < -0.3 is 25.0 Å². The minimum Gasteiger partial charge on any atom is -0.508 e. The fraction of sp³-hybridized carbons (Fsp3) is 0.105. The van der Waals surface area contributed by atoms with Gasteiger partial charge in [-0.1, -0.05) is 0 Å². The summed E-state index contributed by atoms with van der Waals surface area (Å²) >= 11 is 3.26. The second kappa shape index (κ2) is 9.43. The predicted molar refractivity (Wildman–Crippen MR) is 104 cm³/mol. The Bertz CT molecular complexity index is 964. The Morgan fingerprint density at radius 3 is 2.54 bits per heavy atom. The van der Waals surface area contributed by atoms with E-state index in [4.69, 9.17) is 14.6 Å². The van der Waals surface area contributed by atoms with Gasteiger partial charge in [-0.2, -0.15) is 5.26 Å².